The zero-order chi connectivity index (χ0) is 6.41. The Morgan fingerprint density at radius 1 is 0.778 bits per heavy atom. The van der Waals surface area contributed by atoms with Crippen LogP contribution in [0.15, 0.2) is 0 Å². The molecule has 5 heteroatoms. The molecule has 0 spiro atoms. The first-order chi connectivity index (χ1) is 3.41. The van der Waals surface area contributed by atoms with Gasteiger partial charge in [-0.1, -0.05) is 0 Å². The molecule has 0 aromatic carbocycles. The van der Waals surface area contributed by atoms with Gasteiger partial charge in [0.15, 0.2) is 0 Å². The fraction of sp³-hybridized carbons (Fsp3) is 1.00. The Kier molecular flexibility index (Phi) is 3.86. The van der Waals surface area contributed by atoms with E-state index in [0.29, 0.717) is 0 Å². The second-order valence-electron chi connectivity index (χ2n) is 3.00. The van der Waals surface area contributed by atoms with Crippen LogP contribution >= 0.6 is 0 Å². The first kappa shape index (κ1) is 11.0. The van der Waals surface area contributed by atoms with Crippen molar-refractivity contribution in [3.63, 3.8) is 0 Å². The quantitative estimate of drug-likeness (QED) is 0.523. The van der Waals surface area contributed by atoms with Crippen LogP contribution in [0.4, 0.5) is 0 Å². The molecule has 9 heavy (non-hydrogen) atoms. The van der Waals surface area contributed by atoms with E-state index < -0.39 is 17.1 Å². The average Bonchev–Trinajstić information content (AvgIpc) is 1.20. The Labute approximate surface area is 101 Å². The maximum absolute atomic E-state index is 5.57. The molecular formula is C4H13KO2Si2. The van der Waals surface area contributed by atoms with Gasteiger partial charge in [-0.3, -0.25) is 0 Å². The zero-order valence-electron chi connectivity index (χ0n) is 5.82. The topological polar surface area (TPSA) is 18.5 Å². The Morgan fingerprint density at radius 3 is 1.00 bits per heavy atom. The van der Waals surface area contributed by atoms with Gasteiger partial charge in [0.1, 0.15) is 0 Å². The van der Waals surface area contributed by atoms with Crippen LogP contribution in [0.2, 0.25) is 26.2 Å². The fourth-order valence-electron chi connectivity index (χ4n) is 1.19. The monoisotopic (exact) mass is 188 g/mol. The molecule has 0 aromatic rings. The van der Waals surface area contributed by atoms with Crippen LogP contribution in [-0.4, -0.2) is 68.5 Å². The molecule has 2 nitrogen and oxygen atoms in total. The average molecular weight is 188 g/mol. The Hall–Kier alpha value is 1.99. The summed E-state index contributed by atoms with van der Waals surface area (Å²) >= 11 is 0. The first-order valence-corrected chi connectivity index (χ1v) is 8.45. The minimum absolute atomic E-state index is 0. The van der Waals surface area contributed by atoms with E-state index in [1.807, 2.05) is 0 Å². The van der Waals surface area contributed by atoms with Crippen molar-refractivity contribution >= 4 is 68.5 Å². The van der Waals surface area contributed by atoms with Crippen molar-refractivity contribution in [1.82, 2.24) is 0 Å². The van der Waals surface area contributed by atoms with Crippen LogP contribution in [0.1, 0.15) is 0 Å². The molecular weight excluding hydrogens is 175 g/mol. The van der Waals surface area contributed by atoms with Gasteiger partial charge >= 0.3 is 68.5 Å². The second-order valence-corrected chi connectivity index (χ2v) is 10.2. The summed E-state index contributed by atoms with van der Waals surface area (Å²) in [6.45, 7) is 8.30. The zero-order valence-corrected chi connectivity index (χ0v) is 7.82. The number of rotatable bonds is 0. The SMILES string of the molecule is C[Si]1(C)O[Si](C)(C)O1.[KH]. The molecule has 0 atom stereocenters. The molecule has 1 saturated heterocycles. The molecule has 1 aliphatic rings. The summed E-state index contributed by atoms with van der Waals surface area (Å²) in [6.07, 6.45) is 0. The first-order valence-electron chi connectivity index (χ1n) is 2.82. The Bertz CT molecular complexity index is 93.1. The second kappa shape index (κ2) is 3.16. The molecule has 1 fully saturated rings. The van der Waals surface area contributed by atoms with Gasteiger partial charge in [0.05, 0.1) is 0 Å². The maximum atomic E-state index is 5.57. The molecule has 50 valence electrons. The molecule has 0 bridgehead atoms. The molecule has 0 radical (unpaired) electrons. The van der Waals surface area contributed by atoms with Gasteiger partial charge in [-0.25, -0.2) is 0 Å². The van der Waals surface area contributed by atoms with Crippen LogP contribution in [0.3, 0.4) is 0 Å². The van der Waals surface area contributed by atoms with Crippen molar-refractivity contribution in [2.75, 3.05) is 0 Å². The molecule has 0 unspecified atom stereocenters. The molecule has 0 aromatic heterocycles. The third-order valence-electron chi connectivity index (χ3n) is 0.983. The number of hydrogen-bond acceptors (Lipinski definition) is 2. The van der Waals surface area contributed by atoms with Crippen molar-refractivity contribution in [3.8, 4) is 0 Å². The predicted octanol–water partition coefficient (Wildman–Crippen LogP) is 0.788. The van der Waals surface area contributed by atoms with Crippen molar-refractivity contribution in [2.24, 2.45) is 0 Å². The standard InChI is InChI=1S/C4H12O2Si2.K.H/c1-7(2)5-8(3,4)6-7;;/h1-4H3;;. The predicted molar refractivity (Wildman–Crippen MR) is 44.3 cm³/mol. The summed E-state index contributed by atoms with van der Waals surface area (Å²) in [5.74, 6) is 0. The van der Waals surface area contributed by atoms with Gasteiger partial charge in [-0.05, 0) is 26.2 Å². The Morgan fingerprint density at radius 2 is 1.00 bits per heavy atom. The number of hydrogen-bond donors (Lipinski definition) is 0. The molecule has 0 saturated carbocycles. The fourth-order valence-corrected chi connectivity index (χ4v) is 10.7. The van der Waals surface area contributed by atoms with E-state index in [1.54, 1.807) is 0 Å². The summed E-state index contributed by atoms with van der Waals surface area (Å²) in [4.78, 5) is 0. The van der Waals surface area contributed by atoms with Crippen molar-refractivity contribution in [3.05, 3.63) is 0 Å². The van der Waals surface area contributed by atoms with Gasteiger partial charge in [0.2, 0.25) is 0 Å². The molecule has 1 heterocycles. The molecule has 0 amide bonds. The van der Waals surface area contributed by atoms with Gasteiger partial charge in [0.25, 0.3) is 0 Å². The third kappa shape index (κ3) is 3.26. The van der Waals surface area contributed by atoms with E-state index in [-0.39, 0.29) is 51.4 Å². The molecule has 1 rings (SSSR count). The summed E-state index contributed by atoms with van der Waals surface area (Å²) in [6, 6.07) is 0. The summed E-state index contributed by atoms with van der Waals surface area (Å²) in [5, 5.41) is 0. The van der Waals surface area contributed by atoms with E-state index in [4.69, 9.17) is 8.23 Å². The van der Waals surface area contributed by atoms with Crippen LogP contribution in [0, 0.1) is 0 Å². The summed E-state index contributed by atoms with van der Waals surface area (Å²) in [7, 11) is -3.05. The van der Waals surface area contributed by atoms with Crippen molar-refractivity contribution in [2.45, 2.75) is 26.2 Å². The van der Waals surface area contributed by atoms with Gasteiger partial charge < -0.3 is 8.23 Å². The molecule has 0 N–H and O–H groups in total. The van der Waals surface area contributed by atoms with Gasteiger partial charge in [-0.2, -0.15) is 0 Å². The van der Waals surface area contributed by atoms with E-state index >= 15 is 0 Å². The summed E-state index contributed by atoms with van der Waals surface area (Å²) < 4.78 is 11.1. The van der Waals surface area contributed by atoms with Crippen molar-refractivity contribution < 1.29 is 8.23 Å². The van der Waals surface area contributed by atoms with Crippen LogP contribution < -0.4 is 0 Å². The van der Waals surface area contributed by atoms with E-state index in [9.17, 15) is 0 Å². The minimum atomic E-state index is -1.52. The van der Waals surface area contributed by atoms with E-state index in [0.717, 1.165) is 0 Å². The molecule has 1 aliphatic heterocycles. The van der Waals surface area contributed by atoms with Crippen LogP contribution in [0.25, 0.3) is 0 Å². The van der Waals surface area contributed by atoms with Gasteiger partial charge in [-0.15, -0.1) is 0 Å². The van der Waals surface area contributed by atoms with Crippen LogP contribution in [0.5, 0.6) is 0 Å². The van der Waals surface area contributed by atoms with Crippen molar-refractivity contribution in [1.29, 1.82) is 0 Å². The molecule has 0 aliphatic carbocycles. The summed E-state index contributed by atoms with van der Waals surface area (Å²) in [5.41, 5.74) is 0. The van der Waals surface area contributed by atoms with Crippen LogP contribution in [-0.2, 0) is 8.23 Å². The van der Waals surface area contributed by atoms with E-state index in [1.165, 1.54) is 0 Å². The Balaban J connectivity index is 0.000000640. The third-order valence-corrected chi connectivity index (χ3v) is 8.85. The normalized spacial score (nSPS) is 28.0. The van der Waals surface area contributed by atoms with E-state index in [2.05, 4.69) is 26.2 Å². The van der Waals surface area contributed by atoms with Gasteiger partial charge in [0, 0.05) is 0 Å².